The van der Waals surface area contributed by atoms with Crippen LogP contribution in [0, 0.1) is 6.92 Å². The van der Waals surface area contributed by atoms with Crippen LogP contribution in [0.2, 0.25) is 0 Å². The van der Waals surface area contributed by atoms with Crippen LogP contribution >= 0.6 is 0 Å². The third-order valence-corrected chi connectivity index (χ3v) is 4.72. The molecule has 2 rings (SSSR count). The Morgan fingerprint density at radius 1 is 0.968 bits per heavy atom. The van der Waals surface area contributed by atoms with Crippen molar-refractivity contribution in [2.24, 2.45) is 5.73 Å². The molecule has 2 aromatic carbocycles. The second-order valence-electron chi connectivity index (χ2n) is 7.42. The minimum absolute atomic E-state index is 0.0423. The fourth-order valence-corrected chi connectivity index (χ4v) is 3.23. The Labute approximate surface area is 175 Å². The van der Waals surface area contributed by atoms with Crippen LogP contribution in [0.5, 0.6) is 5.75 Å². The number of halogens is 6. The monoisotopic (exact) mass is 451 g/mol. The van der Waals surface area contributed by atoms with E-state index in [1.807, 2.05) is 0 Å². The molecule has 10 heteroatoms. The maximum atomic E-state index is 13.0. The van der Waals surface area contributed by atoms with Gasteiger partial charge in [-0.15, -0.1) is 0 Å². The molecule has 2 atom stereocenters. The highest BCUT2D eigenvalue weighted by molar-refractivity contribution is 5.38. The standard InChI is InChI=1S/C21H23F6NO3/c1-12-6-16(30-3)4-5-17(12)19(2,29)10-18(28)31-11-13-7-14(20(22,23)24)9-15(8-13)21(25,26)27/h4-9,18,29H,10-11,28H2,1-3H3. The molecule has 2 unspecified atom stereocenters. The van der Waals surface area contributed by atoms with E-state index in [2.05, 4.69) is 0 Å². The largest absolute Gasteiger partial charge is 0.497 e. The Morgan fingerprint density at radius 3 is 1.97 bits per heavy atom. The van der Waals surface area contributed by atoms with Gasteiger partial charge < -0.3 is 20.3 Å². The molecular weight excluding hydrogens is 428 g/mol. The zero-order valence-corrected chi connectivity index (χ0v) is 17.1. The average molecular weight is 451 g/mol. The van der Waals surface area contributed by atoms with Crippen LogP contribution in [-0.4, -0.2) is 18.4 Å². The van der Waals surface area contributed by atoms with Crippen LogP contribution in [0.3, 0.4) is 0 Å². The first-order chi connectivity index (χ1) is 14.1. The number of ether oxygens (including phenoxy) is 2. The van der Waals surface area contributed by atoms with Gasteiger partial charge in [-0.2, -0.15) is 26.3 Å². The van der Waals surface area contributed by atoms with Gasteiger partial charge in [-0.1, -0.05) is 6.07 Å². The van der Waals surface area contributed by atoms with E-state index in [-0.39, 0.29) is 18.1 Å². The predicted octanol–water partition coefficient (Wildman–Crippen LogP) is 5.14. The molecule has 0 heterocycles. The van der Waals surface area contributed by atoms with Crippen LogP contribution < -0.4 is 10.5 Å². The molecule has 0 aliphatic heterocycles. The van der Waals surface area contributed by atoms with Crippen molar-refractivity contribution in [1.29, 1.82) is 0 Å². The summed E-state index contributed by atoms with van der Waals surface area (Å²) in [6.07, 6.45) is -11.2. The Kier molecular flexibility index (Phi) is 7.29. The number of benzene rings is 2. The molecule has 3 N–H and O–H groups in total. The van der Waals surface area contributed by atoms with E-state index in [9.17, 15) is 31.4 Å². The summed E-state index contributed by atoms with van der Waals surface area (Å²) in [4.78, 5) is 0. The molecule has 0 bridgehead atoms. The van der Waals surface area contributed by atoms with Gasteiger partial charge in [0.05, 0.1) is 30.4 Å². The van der Waals surface area contributed by atoms with Crippen molar-refractivity contribution < 1.29 is 40.9 Å². The summed E-state index contributed by atoms with van der Waals surface area (Å²) in [5.74, 6) is 0.586. The number of rotatable bonds is 7. The molecule has 0 saturated heterocycles. The lowest BCUT2D eigenvalue weighted by Gasteiger charge is -2.29. The van der Waals surface area contributed by atoms with E-state index >= 15 is 0 Å². The molecule has 0 fully saturated rings. The maximum absolute atomic E-state index is 13.0. The molecule has 0 radical (unpaired) electrons. The molecule has 4 nitrogen and oxygen atoms in total. The Balaban J connectivity index is 2.15. The highest BCUT2D eigenvalue weighted by Crippen LogP contribution is 2.37. The van der Waals surface area contributed by atoms with Crippen LogP contribution in [-0.2, 0) is 29.3 Å². The predicted molar refractivity (Wildman–Crippen MR) is 101 cm³/mol. The zero-order valence-electron chi connectivity index (χ0n) is 17.1. The molecule has 0 saturated carbocycles. The number of methoxy groups -OCH3 is 1. The van der Waals surface area contributed by atoms with E-state index in [0.717, 1.165) is 0 Å². The van der Waals surface area contributed by atoms with Gasteiger partial charge in [0.15, 0.2) is 0 Å². The summed E-state index contributed by atoms with van der Waals surface area (Å²) in [5.41, 5.74) is 2.43. The van der Waals surface area contributed by atoms with E-state index in [4.69, 9.17) is 15.2 Å². The third kappa shape index (κ3) is 6.59. The smallest absolute Gasteiger partial charge is 0.416 e. The van der Waals surface area contributed by atoms with E-state index in [1.54, 1.807) is 25.1 Å². The summed E-state index contributed by atoms with van der Waals surface area (Å²) in [7, 11) is 1.49. The van der Waals surface area contributed by atoms with E-state index < -0.39 is 41.9 Å². The Bertz CT molecular complexity index is 877. The summed E-state index contributed by atoms with van der Waals surface area (Å²) in [6.45, 7) is 2.64. The molecule has 0 amide bonds. The minimum Gasteiger partial charge on any atom is -0.497 e. The number of hydrogen-bond acceptors (Lipinski definition) is 4. The van der Waals surface area contributed by atoms with Gasteiger partial charge in [-0.05, 0) is 60.9 Å². The molecule has 172 valence electrons. The zero-order chi connectivity index (χ0) is 23.6. The second-order valence-corrected chi connectivity index (χ2v) is 7.42. The summed E-state index contributed by atoms with van der Waals surface area (Å²) in [5, 5.41) is 10.8. The first-order valence-corrected chi connectivity index (χ1v) is 9.16. The van der Waals surface area contributed by atoms with Gasteiger partial charge in [0, 0.05) is 6.42 Å². The molecule has 0 aliphatic carbocycles. The van der Waals surface area contributed by atoms with Crippen molar-refractivity contribution in [3.05, 3.63) is 64.2 Å². The van der Waals surface area contributed by atoms with Crippen molar-refractivity contribution in [2.45, 2.75) is 51.1 Å². The highest BCUT2D eigenvalue weighted by atomic mass is 19.4. The van der Waals surface area contributed by atoms with Gasteiger partial charge in [-0.3, -0.25) is 0 Å². The van der Waals surface area contributed by atoms with Crippen LogP contribution in [0.15, 0.2) is 36.4 Å². The van der Waals surface area contributed by atoms with Crippen LogP contribution in [0.1, 0.15) is 41.2 Å². The summed E-state index contributed by atoms with van der Waals surface area (Å²) in [6, 6.07) is 6.19. The molecule has 31 heavy (non-hydrogen) atoms. The number of aryl methyl sites for hydroxylation is 1. The van der Waals surface area contributed by atoms with Gasteiger partial charge >= 0.3 is 12.4 Å². The minimum atomic E-state index is -4.95. The van der Waals surface area contributed by atoms with Crippen molar-refractivity contribution in [1.82, 2.24) is 0 Å². The molecular formula is C21H23F6NO3. The van der Waals surface area contributed by atoms with Gasteiger partial charge in [0.1, 0.15) is 12.0 Å². The Morgan fingerprint density at radius 2 is 1.52 bits per heavy atom. The molecule has 2 aromatic rings. The maximum Gasteiger partial charge on any atom is 0.416 e. The number of hydrogen-bond donors (Lipinski definition) is 2. The molecule has 0 aromatic heterocycles. The van der Waals surface area contributed by atoms with Gasteiger partial charge in [0.25, 0.3) is 0 Å². The van der Waals surface area contributed by atoms with Crippen molar-refractivity contribution in [2.75, 3.05) is 7.11 Å². The van der Waals surface area contributed by atoms with Crippen molar-refractivity contribution in [3.8, 4) is 5.75 Å². The fourth-order valence-electron chi connectivity index (χ4n) is 3.23. The second kappa shape index (κ2) is 9.05. The summed E-state index contributed by atoms with van der Waals surface area (Å²) < 4.78 is 88.1. The summed E-state index contributed by atoms with van der Waals surface area (Å²) >= 11 is 0. The lowest BCUT2D eigenvalue weighted by atomic mass is 9.88. The first kappa shape index (κ1) is 25.0. The fraction of sp³-hybridized carbons (Fsp3) is 0.429. The number of nitrogens with two attached hydrogens (primary N) is 1. The SMILES string of the molecule is COc1ccc(C(C)(O)CC(N)OCc2cc(C(F)(F)F)cc(C(F)(F)F)c2)c(C)c1. The number of alkyl halides is 6. The quantitative estimate of drug-likeness (QED) is 0.452. The third-order valence-electron chi connectivity index (χ3n) is 4.72. The normalized spacial score (nSPS) is 15.5. The van der Waals surface area contributed by atoms with Crippen molar-refractivity contribution in [3.63, 3.8) is 0 Å². The highest BCUT2D eigenvalue weighted by Gasteiger charge is 2.37. The topological polar surface area (TPSA) is 64.7 Å². The van der Waals surface area contributed by atoms with Gasteiger partial charge in [-0.25, -0.2) is 0 Å². The van der Waals surface area contributed by atoms with E-state index in [0.29, 0.717) is 29.0 Å². The van der Waals surface area contributed by atoms with Crippen molar-refractivity contribution >= 4 is 0 Å². The molecule has 0 aliphatic rings. The average Bonchev–Trinajstić information content (AvgIpc) is 2.64. The lowest BCUT2D eigenvalue weighted by Crippen LogP contribution is -2.35. The Hall–Kier alpha value is -2.30. The van der Waals surface area contributed by atoms with Crippen LogP contribution in [0.4, 0.5) is 26.3 Å². The van der Waals surface area contributed by atoms with Gasteiger partial charge in [0.2, 0.25) is 0 Å². The molecule has 0 spiro atoms. The van der Waals surface area contributed by atoms with Crippen LogP contribution in [0.25, 0.3) is 0 Å². The van der Waals surface area contributed by atoms with E-state index in [1.165, 1.54) is 14.0 Å². The lowest BCUT2D eigenvalue weighted by molar-refractivity contribution is -0.143. The number of aliphatic hydroxyl groups is 1. The first-order valence-electron chi connectivity index (χ1n) is 9.16.